The number of anilines is 1. The Labute approximate surface area is 141 Å². The highest BCUT2D eigenvalue weighted by Gasteiger charge is 2.26. The molecule has 3 aromatic rings. The molecule has 24 heavy (non-hydrogen) atoms. The lowest BCUT2D eigenvalue weighted by Crippen LogP contribution is -2.23. The van der Waals surface area contributed by atoms with Gasteiger partial charge in [0.25, 0.3) is 0 Å². The van der Waals surface area contributed by atoms with E-state index in [0.717, 1.165) is 41.4 Å². The zero-order chi connectivity index (χ0) is 15.9. The molecule has 1 saturated heterocycles. The summed E-state index contributed by atoms with van der Waals surface area (Å²) in [6.07, 6.45) is 8.92. The van der Waals surface area contributed by atoms with E-state index in [0.29, 0.717) is 5.92 Å². The number of benzene rings is 1. The Hall–Kier alpha value is -2.17. The van der Waals surface area contributed by atoms with E-state index in [1.54, 1.807) is 0 Å². The maximum Gasteiger partial charge on any atom is 0.213 e. The van der Waals surface area contributed by atoms with E-state index < -0.39 is 0 Å². The summed E-state index contributed by atoms with van der Waals surface area (Å²) in [5, 5.41) is 10.4. The molecule has 0 spiro atoms. The van der Waals surface area contributed by atoms with Gasteiger partial charge in [0.15, 0.2) is 5.65 Å². The van der Waals surface area contributed by atoms with Gasteiger partial charge in [-0.25, -0.2) is 9.38 Å². The van der Waals surface area contributed by atoms with Crippen LogP contribution >= 0.6 is 0 Å². The van der Waals surface area contributed by atoms with Gasteiger partial charge in [-0.2, -0.15) is 0 Å². The summed E-state index contributed by atoms with van der Waals surface area (Å²) in [6.45, 7) is 2.17. The second-order valence-electron chi connectivity index (χ2n) is 7.18. The van der Waals surface area contributed by atoms with Crippen molar-refractivity contribution in [2.45, 2.75) is 50.9 Å². The van der Waals surface area contributed by atoms with Crippen molar-refractivity contribution in [3.63, 3.8) is 0 Å². The summed E-state index contributed by atoms with van der Waals surface area (Å²) in [7, 11) is 0. The van der Waals surface area contributed by atoms with Gasteiger partial charge in [-0.05, 0) is 37.8 Å². The summed E-state index contributed by atoms with van der Waals surface area (Å²) in [4.78, 5) is 7.43. The van der Waals surface area contributed by atoms with Crippen LogP contribution in [0, 0.1) is 0 Å². The van der Waals surface area contributed by atoms with Crippen molar-refractivity contribution in [2.24, 2.45) is 0 Å². The fourth-order valence-corrected chi connectivity index (χ4v) is 4.34. The maximum absolute atomic E-state index is 5.02. The van der Waals surface area contributed by atoms with E-state index in [1.807, 2.05) is 0 Å². The van der Waals surface area contributed by atoms with Crippen LogP contribution in [0.3, 0.4) is 0 Å². The van der Waals surface area contributed by atoms with E-state index in [9.17, 15) is 0 Å². The van der Waals surface area contributed by atoms with Gasteiger partial charge in [-0.1, -0.05) is 31.4 Å². The van der Waals surface area contributed by atoms with Crippen LogP contribution in [-0.4, -0.2) is 32.7 Å². The van der Waals surface area contributed by atoms with Crippen LogP contribution < -0.4 is 4.90 Å². The molecule has 124 valence electrons. The second kappa shape index (κ2) is 5.72. The minimum absolute atomic E-state index is 0.526. The SMILES string of the molecule is c1ccc2c(c1)nc(N1CCCC1)n1c(C3CCCCC3)nnc21. The highest BCUT2D eigenvalue weighted by molar-refractivity contribution is 5.92. The molecule has 2 aromatic heterocycles. The van der Waals surface area contributed by atoms with E-state index in [-0.39, 0.29) is 0 Å². The minimum atomic E-state index is 0.526. The van der Waals surface area contributed by atoms with Crippen LogP contribution in [0.1, 0.15) is 56.7 Å². The number of para-hydroxylation sites is 1. The largest absolute Gasteiger partial charge is 0.342 e. The molecule has 0 radical (unpaired) electrons. The van der Waals surface area contributed by atoms with Crippen LogP contribution in [0.2, 0.25) is 0 Å². The third kappa shape index (κ3) is 2.18. The van der Waals surface area contributed by atoms with Crippen molar-refractivity contribution in [1.82, 2.24) is 19.6 Å². The molecule has 5 rings (SSSR count). The van der Waals surface area contributed by atoms with E-state index >= 15 is 0 Å². The maximum atomic E-state index is 5.02. The molecule has 0 atom stereocenters. The van der Waals surface area contributed by atoms with Gasteiger partial charge < -0.3 is 4.90 Å². The topological polar surface area (TPSA) is 46.3 Å². The van der Waals surface area contributed by atoms with Crippen LogP contribution in [0.15, 0.2) is 24.3 Å². The summed E-state index contributed by atoms with van der Waals surface area (Å²) >= 11 is 0. The lowest BCUT2D eigenvalue weighted by atomic mass is 9.89. The highest BCUT2D eigenvalue weighted by Crippen LogP contribution is 2.35. The van der Waals surface area contributed by atoms with Gasteiger partial charge in [0.05, 0.1) is 5.52 Å². The quantitative estimate of drug-likeness (QED) is 0.717. The van der Waals surface area contributed by atoms with Crippen molar-refractivity contribution in [3.8, 4) is 0 Å². The van der Waals surface area contributed by atoms with Crippen molar-refractivity contribution in [1.29, 1.82) is 0 Å². The van der Waals surface area contributed by atoms with Gasteiger partial charge >= 0.3 is 0 Å². The van der Waals surface area contributed by atoms with Crippen molar-refractivity contribution in [2.75, 3.05) is 18.0 Å². The average Bonchev–Trinajstić information content (AvgIpc) is 3.32. The predicted octanol–water partition coefficient (Wildman–Crippen LogP) is 3.93. The van der Waals surface area contributed by atoms with Crippen LogP contribution in [0.4, 0.5) is 5.95 Å². The molecule has 1 aliphatic heterocycles. The Morgan fingerprint density at radius 2 is 1.67 bits per heavy atom. The summed E-state index contributed by atoms with van der Waals surface area (Å²) < 4.78 is 2.27. The fraction of sp³-hybridized carbons (Fsp3) is 0.526. The number of hydrogen-bond acceptors (Lipinski definition) is 4. The van der Waals surface area contributed by atoms with Gasteiger partial charge in [-0.3, -0.25) is 0 Å². The van der Waals surface area contributed by atoms with Crippen LogP contribution in [-0.2, 0) is 0 Å². The standard InChI is InChI=1S/C19H23N5/c1-2-8-14(9-3-1)17-21-22-18-15-10-4-5-11-16(15)20-19(24(17)18)23-12-6-7-13-23/h4-5,10-11,14H,1-3,6-9,12-13H2. The second-order valence-corrected chi connectivity index (χ2v) is 7.18. The molecular weight excluding hydrogens is 298 g/mol. The third-order valence-electron chi connectivity index (χ3n) is 5.61. The van der Waals surface area contributed by atoms with Crippen molar-refractivity contribution < 1.29 is 0 Å². The molecule has 3 heterocycles. The van der Waals surface area contributed by atoms with Gasteiger partial charge in [0, 0.05) is 24.4 Å². The lowest BCUT2D eigenvalue weighted by Gasteiger charge is -2.23. The number of hydrogen-bond donors (Lipinski definition) is 0. The first-order chi connectivity index (χ1) is 11.9. The highest BCUT2D eigenvalue weighted by atomic mass is 15.4. The molecule has 1 aliphatic carbocycles. The number of fused-ring (bicyclic) bond motifs is 3. The first-order valence-electron chi connectivity index (χ1n) is 9.30. The lowest BCUT2D eigenvalue weighted by molar-refractivity contribution is 0.426. The molecule has 5 nitrogen and oxygen atoms in total. The molecule has 2 fully saturated rings. The third-order valence-corrected chi connectivity index (χ3v) is 5.61. The molecule has 5 heteroatoms. The molecule has 0 bridgehead atoms. The molecular formula is C19H23N5. The molecule has 1 saturated carbocycles. The van der Waals surface area contributed by atoms with Crippen LogP contribution in [0.5, 0.6) is 0 Å². The first kappa shape index (κ1) is 14.2. The summed E-state index contributed by atoms with van der Waals surface area (Å²) in [5.74, 6) is 2.70. The number of rotatable bonds is 2. The minimum Gasteiger partial charge on any atom is -0.342 e. The van der Waals surface area contributed by atoms with E-state index in [4.69, 9.17) is 4.98 Å². The van der Waals surface area contributed by atoms with Gasteiger partial charge in [-0.15, -0.1) is 10.2 Å². The molecule has 0 unspecified atom stereocenters. The average molecular weight is 321 g/mol. The zero-order valence-electron chi connectivity index (χ0n) is 14.0. The molecule has 2 aliphatic rings. The molecule has 1 aromatic carbocycles. The zero-order valence-corrected chi connectivity index (χ0v) is 14.0. The van der Waals surface area contributed by atoms with E-state index in [2.05, 4.69) is 43.8 Å². The van der Waals surface area contributed by atoms with E-state index in [1.165, 1.54) is 44.9 Å². The predicted molar refractivity (Wildman–Crippen MR) is 95.6 cm³/mol. The fourth-order valence-electron chi connectivity index (χ4n) is 4.34. The molecule has 0 N–H and O–H groups in total. The Morgan fingerprint density at radius 1 is 0.875 bits per heavy atom. The monoisotopic (exact) mass is 321 g/mol. The molecule has 0 amide bonds. The number of nitrogens with zero attached hydrogens (tertiary/aromatic N) is 5. The summed E-state index contributed by atoms with van der Waals surface area (Å²) in [6, 6.07) is 8.32. The van der Waals surface area contributed by atoms with Crippen molar-refractivity contribution in [3.05, 3.63) is 30.1 Å². The summed E-state index contributed by atoms with van der Waals surface area (Å²) in [5.41, 5.74) is 2.00. The normalized spacial score (nSPS) is 19.6. The Balaban J connectivity index is 1.77. The van der Waals surface area contributed by atoms with Crippen LogP contribution in [0.25, 0.3) is 16.6 Å². The Morgan fingerprint density at radius 3 is 2.50 bits per heavy atom. The van der Waals surface area contributed by atoms with Gasteiger partial charge in [0.2, 0.25) is 5.95 Å². The number of aromatic nitrogens is 4. The van der Waals surface area contributed by atoms with Crippen molar-refractivity contribution >= 4 is 22.5 Å². The van der Waals surface area contributed by atoms with Gasteiger partial charge in [0.1, 0.15) is 5.82 Å². The smallest absolute Gasteiger partial charge is 0.213 e. The Bertz CT molecular complexity index is 872. The first-order valence-corrected chi connectivity index (χ1v) is 9.30. The Kier molecular flexibility index (Phi) is 3.39.